The summed E-state index contributed by atoms with van der Waals surface area (Å²) >= 11 is 6.01. The summed E-state index contributed by atoms with van der Waals surface area (Å²) in [5.74, 6) is 0.552. The Morgan fingerprint density at radius 3 is 1.17 bits per heavy atom. The lowest BCUT2D eigenvalue weighted by atomic mass is 10.2. The standard InChI is InChI=1S/C26H23ClP.ClH/c27-20-22-16-18-23(19-17-22)21-28(24-10-4-1-5-11-24,25-12-6-2-7-13-25)26-14-8-3-9-15-26;/h1-19H,20-21H2;1H/q+1;/p-1. The molecule has 0 aliphatic carbocycles. The highest BCUT2D eigenvalue weighted by atomic mass is 35.5. The fourth-order valence-corrected chi connectivity index (χ4v) is 8.20. The quantitative estimate of drug-likeness (QED) is 0.322. The Morgan fingerprint density at radius 2 is 0.828 bits per heavy atom. The van der Waals surface area contributed by atoms with Gasteiger partial charge in [-0.2, -0.15) is 0 Å². The molecule has 0 atom stereocenters. The number of benzene rings is 4. The van der Waals surface area contributed by atoms with Crippen LogP contribution in [0.3, 0.4) is 0 Å². The molecule has 0 amide bonds. The monoisotopic (exact) mass is 436 g/mol. The summed E-state index contributed by atoms with van der Waals surface area (Å²) in [5.41, 5.74) is 2.51. The normalized spacial score (nSPS) is 10.9. The van der Waals surface area contributed by atoms with Crippen LogP contribution in [0.1, 0.15) is 11.1 Å². The first-order valence-corrected chi connectivity index (χ1v) is 12.0. The van der Waals surface area contributed by atoms with E-state index in [0.29, 0.717) is 5.88 Å². The summed E-state index contributed by atoms with van der Waals surface area (Å²) in [7, 11) is -1.83. The fourth-order valence-electron chi connectivity index (χ4n) is 3.78. The molecule has 29 heavy (non-hydrogen) atoms. The highest BCUT2D eigenvalue weighted by molar-refractivity contribution is 7.95. The first-order chi connectivity index (χ1) is 13.8. The summed E-state index contributed by atoms with van der Waals surface area (Å²) < 4.78 is 0. The molecule has 0 aliphatic heterocycles. The molecule has 0 saturated heterocycles. The Hall–Kier alpha value is -2.11. The van der Waals surface area contributed by atoms with Crippen LogP contribution >= 0.6 is 18.9 Å². The minimum absolute atomic E-state index is 0. The van der Waals surface area contributed by atoms with Gasteiger partial charge in [0.15, 0.2) is 0 Å². The maximum Gasteiger partial charge on any atom is 0.116 e. The lowest BCUT2D eigenvalue weighted by molar-refractivity contribution is -0.00000539. The molecule has 4 aromatic carbocycles. The summed E-state index contributed by atoms with van der Waals surface area (Å²) in [6.45, 7) is 0. The van der Waals surface area contributed by atoms with Crippen LogP contribution in [0.4, 0.5) is 0 Å². The smallest absolute Gasteiger partial charge is 0.116 e. The van der Waals surface area contributed by atoms with Crippen LogP contribution in [0.2, 0.25) is 0 Å². The molecule has 146 valence electrons. The molecule has 3 heteroatoms. The van der Waals surface area contributed by atoms with Crippen molar-refractivity contribution >= 4 is 34.8 Å². The van der Waals surface area contributed by atoms with Gasteiger partial charge in [0.05, 0.1) is 6.16 Å². The molecule has 0 spiro atoms. The third-order valence-corrected chi connectivity index (χ3v) is 9.88. The molecule has 4 rings (SSSR count). The van der Waals surface area contributed by atoms with Gasteiger partial charge in [0, 0.05) is 5.88 Å². The van der Waals surface area contributed by atoms with Crippen molar-refractivity contribution in [3.63, 3.8) is 0 Å². The summed E-state index contributed by atoms with van der Waals surface area (Å²) in [6.07, 6.45) is 0.994. The van der Waals surface area contributed by atoms with Gasteiger partial charge < -0.3 is 12.4 Å². The average Bonchev–Trinajstić information content (AvgIpc) is 2.80. The Labute approximate surface area is 185 Å². The number of hydrogen-bond acceptors (Lipinski definition) is 0. The average molecular weight is 437 g/mol. The van der Waals surface area contributed by atoms with Crippen molar-refractivity contribution in [2.45, 2.75) is 12.0 Å². The topological polar surface area (TPSA) is 0 Å². The zero-order valence-electron chi connectivity index (χ0n) is 16.1. The largest absolute Gasteiger partial charge is 1.00 e. The third-order valence-electron chi connectivity index (χ3n) is 5.19. The van der Waals surface area contributed by atoms with Crippen LogP contribution in [-0.2, 0) is 12.0 Å². The van der Waals surface area contributed by atoms with Crippen molar-refractivity contribution in [1.82, 2.24) is 0 Å². The van der Waals surface area contributed by atoms with E-state index in [-0.39, 0.29) is 12.4 Å². The van der Waals surface area contributed by atoms with E-state index in [0.717, 1.165) is 11.7 Å². The minimum atomic E-state index is -1.83. The number of hydrogen-bond donors (Lipinski definition) is 0. The second-order valence-electron chi connectivity index (χ2n) is 6.92. The molecule has 0 saturated carbocycles. The maximum absolute atomic E-state index is 6.01. The van der Waals surface area contributed by atoms with E-state index >= 15 is 0 Å². The molecule has 0 fully saturated rings. The fraction of sp³-hybridized carbons (Fsp3) is 0.0769. The molecule has 0 nitrogen and oxygen atoms in total. The lowest BCUT2D eigenvalue weighted by Crippen LogP contribution is -3.00. The Balaban J connectivity index is 0.00000240. The summed E-state index contributed by atoms with van der Waals surface area (Å²) in [5, 5.41) is 4.23. The zero-order chi connectivity index (χ0) is 19.2. The van der Waals surface area contributed by atoms with Gasteiger partial charge in [-0.25, -0.2) is 0 Å². The molecule has 4 aromatic rings. The van der Waals surface area contributed by atoms with E-state index in [1.807, 2.05) is 0 Å². The number of rotatable bonds is 6. The van der Waals surface area contributed by atoms with Gasteiger partial charge in [-0.1, -0.05) is 78.9 Å². The number of alkyl halides is 1. The van der Waals surface area contributed by atoms with Crippen LogP contribution < -0.4 is 28.3 Å². The van der Waals surface area contributed by atoms with E-state index < -0.39 is 7.26 Å². The maximum atomic E-state index is 6.01. The molecular formula is C26H23Cl2P. The van der Waals surface area contributed by atoms with E-state index in [2.05, 4.69) is 115 Å². The number of halogens is 2. The minimum Gasteiger partial charge on any atom is -1.00 e. The molecule has 0 aromatic heterocycles. The second kappa shape index (κ2) is 10.1. The van der Waals surface area contributed by atoms with Crippen molar-refractivity contribution in [3.8, 4) is 0 Å². The first-order valence-electron chi connectivity index (χ1n) is 9.51. The second-order valence-corrected chi connectivity index (χ2v) is 10.7. The van der Waals surface area contributed by atoms with E-state index in [1.165, 1.54) is 21.5 Å². The summed E-state index contributed by atoms with van der Waals surface area (Å²) in [6, 6.07) is 41.8. The molecule has 0 radical (unpaired) electrons. The van der Waals surface area contributed by atoms with Gasteiger partial charge in [0.2, 0.25) is 0 Å². The van der Waals surface area contributed by atoms with E-state index in [1.54, 1.807) is 0 Å². The Bertz CT molecular complexity index is 904. The molecule has 0 bridgehead atoms. The Morgan fingerprint density at radius 1 is 0.483 bits per heavy atom. The molecular weight excluding hydrogens is 414 g/mol. The van der Waals surface area contributed by atoms with Crippen LogP contribution in [0.5, 0.6) is 0 Å². The van der Waals surface area contributed by atoms with Crippen molar-refractivity contribution in [3.05, 3.63) is 126 Å². The van der Waals surface area contributed by atoms with E-state index in [9.17, 15) is 0 Å². The van der Waals surface area contributed by atoms with Gasteiger partial charge in [-0.15, -0.1) is 11.6 Å². The van der Waals surface area contributed by atoms with Crippen LogP contribution in [0.25, 0.3) is 0 Å². The van der Waals surface area contributed by atoms with Gasteiger partial charge in [-0.05, 0) is 47.5 Å². The first kappa shape index (κ1) is 21.6. The predicted molar refractivity (Wildman–Crippen MR) is 125 cm³/mol. The van der Waals surface area contributed by atoms with Gasteiger partial charge in [0.25, 0.3) is 0 Å². The van der Waals surface area contributed by atoms with Crippen molar-refractivity contribution in [2.24, 2.45) is 0 Å². The molecule has 0 heterocycles. The molecule has 0 aliphatic rings. The van der Waals surface area contributed by atoms with Gasteiger partial charge >= 0.3 is 0 Å². The van der Waals surface area contributed by atoms with E-state index in [4.69, 9.17) is 11.6 Å². The predicted octanol–water partition coefficient (Wildman–Crippen LogP) is 2.92. The molecule has 0 N–H and O–H groups in total. The van der Waals surface area contributed by atoms with Crippen molar-refractivity contribution < 1.29 is 12.4 Å². The van der Waals surface area contributed by atoms with Crippen molar-refractivity contribution in [1.29, 1.82) is 0 Å². The molecule has 0 unspecified atom stereocenters. The van der Waals surface area contributed by atoms with Gasteiger partial charge in [0.1, 0.15) is 23.2 Å². The van der Waals surface area contributed by atoms with Gasteiger partial charge in [-0.3, -0.25) is 0 Å². The SMILES string of the molecule is ClCc1ccc(C[P+](c2ccccc2)(c2ccccc2)c2ccccc2)cc1.[Cl-]. The lowest BCUT2D eigenvalue weighted by Gasteiger charge is -2.28. The van der Waals surface area contributed by atoms with Crippen LogP contribution in [-0.4, -0.2) is 0 Å². The highest BCUT2D eigenvalue weighted by Gasteiger charge is 2.45. The Kier molecular flexibility index (Phi) is 7.51. The zero-order valence-corrected chi connectivity index (χ0v) is 18.5. The van der Waals surface area contributed by atoms with Crippen LogP contribution in [0.15, 0.2) is 115 Å². The van der Waals surface area contributed by atoms with Crippen molar-refractivity contribution in [2.75, 3.05) is 0 Å². The third kappa shape index (κ3) is 4.57. The summed E-state index contributed by atoms with van der Waals surface area (Å²) in [4.78, 5) is 0. The highest BCUT2D eigenvalue weighted by Crippen LogP contribution is 2.58. The van der Waals surface area contributed by atoms with Crippen LogP contribution in [0, 0.1) is 0 Å².